The molecular formula is C12H17N5O5S. The van der Waals surface area contributed by atoms with Crippen LogP contribution in [0.25, 0.3) is 11.0 Å². The van der Waals surface area contributed by atoms with E-state index in [9.17, 15) is 22.8 Å². The summed E-state index contributed by atoms with van der Waals surface area (Å²) in [7, 11) is 2.84. The summed E-state index contributed by atoms with van der Waals surface area (Å²) in [5.41, 5.74) is -0.931. The molecule has 2 aromatic heterocycles. The predicted octanol–water partition coefficient (Wildman–Crippen LogP) is -1.89. The fourth-order valence-electron chi connectivity index (χ4n) is 2.22. The van der Waals surface area contributed by atoms with Gasteiger partial charge in [0.15, 0.2) is 0 Å². The zero-order valence-electron chi connectivity index (χ0n) is 13.3. The maximum atomic E-state index is 12.2. The fraction of sp³-hybridized carbons (Fsp3) is 0.417. The van der Waals surface area contributed by atoms with Gasteiger partial charge >= 0.3 is 15.9 Å². The summed E-state index contributed by atoms with van der Waals surface area (Å²) < 4.78 is 29.7. The van der Waals surface area contributed by atoms with E-state index < -0.39 is 27.4 Å². The van der Waals surface area contributed by atoms with Gasteiger partial charge in [-0.15, -0.1) is 0 Å². The standard InChI is InChI=1S/C12H17N5O5S/c1-14(2)23(21,22)13-9(18)8-6-7-10(15(8)3)16(4)12(20)17(5)11(7)19/h6H,1-5H3,(H,13,18). The SMILES string of the molecule is CN(C)S(=O)(=O)NC(=O)c1cc2c(=O)n(C)c(=O)n(C)c2n1C. The third-order valence-corrected chi connectivity index (χ3v) is 4.97. The van der Waals surface area contributed by atoms with E-state index in [1.54, 1.807) is 0 Å². The number of rotatable bonds is 3. The molecule has 0 bridgehead atoms. The van der Waals surface area contributed by atoms with Crippen LogP contribution in [0.4, 0.5) is 0 Å². The molecule has 23 heavy (non-hydrogen) atoms. The van der Waals surface area contributed by atoms with Gasteiger partial charge in [0, 0.05) is 35.2 Å². The van der Waals surface area contributed by atoms with Gasteiger partial charge in [0.2, 0.25) is 0 Å². The van der Waals surface area contributed by atoms with E-state index in [2.05, 4.69) is 0 Å². The van der Waals surface area contributed by atoms with Gasteiger partial charge in [-0.05, 0) is 6.07 Å². The van der Waals surface area contributed by atoms with Crippen LogP contribution < -0.4 is 16.0 Å². The van der Waals surface area contributed by atoms with Crippen LogP contribution in [0.5, 0.6) is 0 Å². The van der Waals surface area contributed by atoms with Gasteiger partial charge in [-0.2, -0.15) is 12.7 Å². The maximum absolute atomic E-state index is 12.2. The van der Waals surface area contributed by atoms with Gasteiger partial charge < -0.3 is 4.57 Å². The summed E-state index contributed by atoms with van der Waals surface area (Å²) in [4.78, 5) is 36.3. The molecular weight excluding hydrogens is 326 g/mol. The number of hydrogen-bond acceptors (Lipinski definition) is 5. The molecule has 0 spiro atoms. The summed E-state index contributed by atoms with van der Waals surface area (Å²) in [6.45, 7) is 0. The number of carbonyl (C=O) groups excluding carboxylic acids is 1. The molecule has 2 heterocycles. The first kappa shape index (κ1) is 17.0. The molecule has 0 aromatic carbocycles. The minimum absolute atomic E-state index is 0.0521. The van der Waals surface area contributed by atoms with Gasteiger partial charge in [-0.25, -0.2) is 9.52 Å². The van der Waals surface area contributed by atoms with Crippen LogP contribution >= 0.6 is 0 Å². The van der Waals surface area contributed by atoms with Crippen molar-refractivity contribution in [3.8, 4) is 0 Å². The number of amides is 1. The Kier molecular flexibility index (Phi) is 3.95. The molecule has 2 rings (SSSR count). The smallest absolute Gasteiger partial charge is 0.325 e. The second-order valence-electron chi connectivity index (χ2n) is 5.25. The average Bonchev–Trinajstić information content (AvgIpc) is 2.80. The fourth-order valence-corrected chi connectivity index (χ4v) is 2.74. The first-order valence-corrected chi connectivity index (χ1v) is 7.93. The Labute approximate surface area is 131 Å². The number of aryl methyl sites for hydroxylation is 2. The third kappa shape index (κ3) is 2.57. The van der Waals surface area contributed by atoms with E-state index >= 15 is 0 Å². The molecule has 10 nitrogen and oxygen atoms in total. The van der Waals surface area contributed by atoms with Crippen LogP contribution in [0.2, 0.25) is 0 Å². The maximum Gasteiger partial charge on any atom is 0.332 e. The summed E-state index contributed by atoms with van der Waals surface area (Å²) in [5, 5.41) is 0.143. The molecule has 0 saturated heterocycles. The number of fused-ring (bicyclic) bond motifs is 1. The van der Waals surface area contributed by atoms with E-state index in [4.69, 9.17) is 0 Å². The first-order chi connectivity index (χ1) is 10.5. The van der Waals surface area contributed by atoms with Gasteiger partial charge in [-0.1, -0.05) is 0 Å². The summed E-state index contributed by atoms with van der Waals surface area (Å²) in [6.07, 6.45) is 0. The van der Waals surface area contributed by atoms with Crippen molar-refractivity contribution >= 4 is 27.1 Å². The summed E-state index contributed by atoms with van der Waals surface area (Å²) in [6, 6.07) is 1.26. The van der Waals surface area contributed by atoms with Crippen LogP contribution in [0.3, 0.4) is 0 Å². The predicted molar refractivity (Wildman–Crippen MR) is 83.5 cm³/mol. The topological polar surface area (TPSA) is 115 Å². The van der Waals surface area contributed by atoms with Crippen molar-refractivity contribution in [1.82, 2.24) is 22.7 Å². The number of nitrogens with one attached hydrogen (secondary N) is 1. The molecule has 0 aliphatic heterocycles. The Morgan fingerprint density at radius 1 is 1.09 bits per heavy atom. The van der Waals surface area contributed by atoms with Gasteiger partial charge in [-0.3, -0.25) is 18.7 Å². The minimum atomic E-state index is -3.97. The highest BCUT2D eigenvalue weighted by Crippen LogP contribution is 2.14. The summed E-state index contributed by atoms with van der Waals surface area (Å²) >= 11 is 0. The Balaban J connectivity index is 2.70. The first-order valence-electron chi connectivity index (χ1n) is 6.49. The molecule has 2 aromatic rings. The van der Waals surface area contributed by atoms with Crippen molar-refractivity contribution in [2.45, 2.75) is 0 Å². The second kappa shape index (κ2) is 5.35. The zero-order valence-corrected chi connectivity index (χ0v) is 14.1. The van der Waals surface area contributed by atoms with Gasteiger partial charge in [0.25, 0.3) is 11.5 Å². The van der Waals surface area contributed by atoms with Crippen molar-refractivity contribution < 1.29 is 13.2 Å². The Morgan fingerprint density at radius 2 is 1.65 bits per heavy atom. The third-order valence-electron chi connectivity index (χ3n) is 3.56. The Morgan fingerprint density at radius 3 is 2.17 bits per heavy atom. The van der Waals surface area contributed by atoms with E-state index in [1.807, 2.05) is 4.72 Å². The van der Waals surface area contributed by atoms with Crippen LogP contribution in [0.1, 0.15) is 10.5 Å². The Bertz CT molecular complexity index is 1020. The van der Waals surface area contributed by atoms with Crippen molar-refractivity contribution in [2.24, 2.45) is 21.1 Å². The molecule has 126 valence electrons. The molecule has 1 N–H and O–H groups in total. The average molecular weight is 343 g/mol. The molecule has 0 atom stereocenters. The van der Waals surface area contributed by atoms with Crippen LogP contribution in [-0.2, 0) is 31.4 Å². The quantitative estimate of drug-likeness (QED) is 0.700. The number of carbonyl (C=O) groups is 1. The molecule has 0 aliphatic rings. The molecule has 0 saturated carbocycles. The minimum Gasteiger partial charge on any atom is -0.325 e. The highest BCUT2D eigenvalue weighted by atomic mass is 32.2. The highest BCUT2D eigenvalue weighted by Gasteiger charge is 2.23. The van der Waals surface area contributed by atoms with E-state index in [-0.39, 0.29) is 16.7 Å². The van der Waals surface area contributed by atoms with Crippen molar-refractivity contribution in [2.75, 3.05) is 14.1 Å². The largest absolute Gasteiger partial charge is 0.332 e. The van der Waals surface area contributed by atoms with E-state index in [0.29, 0.717) is 0 Å². The van der Waals surface area contributed by atoms with Gasteiger partial charge in [0.1, 0.15) is 11.3 Å². The molecule has 0 fully saturated rings. The van der Waals surface area contributed by atoms with E-state index in [1.165, 1.54) is 50.4 Å². The summed E-state index contributed by atoms with van der Waals surface area (Å²) in [5.74, 6) is -0.896. The zero-order chi connectivity index (χ0) is 17.7. The molecule has 11 heteroatoms. The lowest BCUT2D eigenvalue weighted by Gasteiger charge is -2.12. The van der Waals surface area contributed by atoms with Crippen molar-refractivity contribution in [3.63, 3.8) is 0 Å². The van der Waals surface area contributed by atoms with Crippen molar-refractivity contribution in [1.29, 1.82) is 0 Å². The number of aromatic nitrogens is 3. The van der Waals surface area contributed by atoms with Crippen LogP contribution in [0.15, 0.2) is 15.7 Å². The van der Waals surface area contributed by atoms with E-state index in [0.717, 1.165) is 8.87 Å². The van der Waals surface area contributed by atoms with Crippen LogP contribution in [0, 0.1) is 0 Å². The lowest BCUT2D eigenvalue weighted by Crippen LogP contribution is -2.40. The van der Waals surface area contributed by atoms with Crippen LogP contribution in [-0.4, -0.2) is 46.4 Å². The lowest BCUT2D eigenvalue weighted by molar-refractivity contribution is 0.0972. The lowest BCUT2D eigenvalue weighted by atomic mass is 10.3. The molecule has 0 aliphatic carbocycles. The number of hydrogen-bond donors (Lipinski definition) is 1. The Hall–Kier alpha value is -2.40. The highest BCUT2D eigenvalue weighted by molar-refractivity contribution is 7.87. The normalized spacial score (nSPS) is 12.1. The van der Waals surface area contributed by atoms with Gasteiger partial charge in [0.05, 0.1) is 5.39 Å². The van der Waals surface area contributed by atoms with Crippen molar-refractivity contribution in [3.05, 3.63) is 32.6 Å². The molecule has 1 amide bonds. The molecule has 0 unspecified atom stereocenters. The number of nitrogens with zero attached hydrogens (tertiary/aromatic N) is 4. The molecule has 0 radical (unpaired) electrons. The second-order valence-corrected chi connectivity index (χ2v) is 7.13. The monoisotopic (exact) mass is 343 g/mol.